The molecule has 0 spiro atoms. The minimum Gasteiger partial charge on any atom is -0.450 e. The highest BCUT2D eigenvalue weighted by molar-refractivity contribution is 7.80. The first-order chi connectivity index (χ1) is 9.25. The van der Waals surface area contributed by atoms with Gasteiger partial charge in [-0.3, -0.25) is 0 Å². The van der Waals surface area contributed by atoms with E-state index in [-0.39, 0.29) is 12.1 Å². The molecule has 0 aromatic carbocycles. The van der Waals surface area contributed by atoms with Crippen molar-refractivity contribution in [2.75, 3.05) is 13.2 Å². The largest absolute Gasteiger partial charge is 0.450 e. The van der Waals surface area contributed by atoms with Gasteiger partial charge in [-0.1, -0.05) is 50.7 Å². The zero-order valence-corrected chi connectivity index (χ0v) is 12.3. The van der Waals surface area contributed by atoms with Gasteiger partial charge in [0.25, 0.3) is 0 Å². The number of thiocarbonyl (C=S) groups is 1. The van der Waals surface area contributed by atoms with Crippen LogP contribution in [0.5, 0.6) is 0 Å². The fourth-order valence-corrected chi connectivity index (χ4v) is 2.99. The van der Waals surface area contributed by atoms with Crippen LogP contribution in [0.15, 0.2) is 0 Å². The summed E-state index contributed by atoms with van der Waals surface area (Å²) in [6.07, 6.45) is 10.1. The standard InChI is InChI=1S/C14H24N2O2S/c17-14(16-12-10-15-13(12)19)18-9-5-4-8-11-6-2-1-3-7-11/h11-12H,1-10H2,(H,15,19)(H,16,17)/t12-/m0/s1. The van der Waals surface area contributed by atoms with Crippen LogP contribution in [-0.2, 0) is 4.74 Å². The van der Waals surface area contributed by atoms with E-state index in [1.54, 1.807) is 0 Å². The van der Waals surface area contributed by atoms with Crippen LogP contribution in [-0.4, -0.2) is 30.3 Å². The Morgan fingerprint density at radius 1 is 1.32 bits per heavy atom. The van der Waals surface area contributed by atoms with Crippen molar-refractivity contribution >= 4 is 23.3 Å². The summed E-state index contributed by atoms with van der Waals surface area (Å²) in [6.45, 7) is 1.24. The average molecular weight is 284 g/mol. The number of hydrogen-bond donors (Lipinski definition) is 2. The van der Waals surface area contributed by atoms with E-state index in [1.807, 2.05) is 0 Å². The molecule has 0 aromatic heterocycles. The molecule has 2 rings (SSSR count). The summed E-state index contributed by atoms with van der Waals surface area (Å²) in [5, 5.41) is 5.68. The molecule has 1 atom stereocenters. The summed E-state index contributed by atoms with van der Waals surface area (Å²) in [7, 11) is 0. The van der Waals surface area contributed by atoms with Crippen LogP contribution in [0.25, 0.3) is 0 Å². The first kappa shape index (κ1) is 14.6. The molecule has 108 valence electrons. The first-order valence-electron chi connectivity index (χ1n) is 7.46. The first-order valence-corrected chi connectivity index (χ1v) is 7.87. The summed E-state index contributed by atoms with van der Waals surface area (Å²) in [5.74, 6) is 0.918. The minimum atomic E-state index is -0.341. The predicted molar refractivity (Wildman–Crippen MR) is 79.3 cm³/mol. The summed E-state index contributed by atoms with van der Waals surface area (Å²) < 4.78 is 5.15. The topological polar surface area (TPSA) is 50.4 Å². The molecule has 1 aliphatic carbocycles. The van der Waals surface area contributed by atoms with Crippen LogP contribution in [0, 0.1) is 5.92 Å². The van der Waals surface area contributed by atoms with Crippen molar-refractivity contribution in [3.63, 3.8) is 0 Å². The summed E-state index contributed by atoms with van der Waals surface area (Å²) in [6, 6.07) is -0.0234. The highest BCUT2D eigenvalue weighted by Crippen LogP contribution is 2.27. The lowest BCUT2D eigenvalue weighted by Crippen LogP contribution is -2.60. The molecule has 2 aliphatic rings. The fraction of sp³-hybridized carbons (Fsp3) is 0.857. The van der Waals surface area contributed by atoms with E-state index in [2.05, 4.69) is 10.6 Å². The number of alkyl carbamates (subject to hydrolysis) is 1. The molecule has 19 heavy (non-hydrogen) atoms. The van der Waals surface area contributed by atoms with Gasteiger partial charge in [0.2, 0.25) is 0 Å². The second-order valence-electron chi connectivity index (χ2n) is 5.58. The maximum atomic E-state index is 11.4. The zero-order valence-electron chi connectivity index (χ0n) is 11.5. The lowest BCUT2D eigenvalue weighted by Gasteiger charge is -2.29. The van der Waals surface area contributed by atoms with Crippen molar-refractivity contribution in [1.82, 2.24) is 10.6 Å². The molecule has 2 fully saturated rings. The van der Waals surface area contributed by atoms with Crippen LogP contribution in [0.4, 0.5) is 4.79 Å². The number of nitrogens with one attached hydrogen (secondary N) is 2. The van der Waals surface area contributed by atoms with Gasteiger partial charge in [-0.25, -0.2) is 4.79 Å². The van der Waals surface area contributed by atoms with E-state index >= 15 is 0 Å². The number of ether oxygens (including phenoxy) is 1. The maximum absolute atomic E-state index is 11.4. The lowest BCUT2D eigenvalue weighted by atomic mass is 9.86. The number of amides is 1. The third kappa shape index (κ3) is 4.97. The molecule has 5 heteroatoms. The molecule has 0 radical (unpaired) electrons. The second kappa shape index (κ2) is 7.68. The van der Waals surface area contributed by atoms with Gasteiger partial charge in [-0.15, -0.1) is 0 Å². The Morgan fingerprint density at radius 2 is 2.11 bits per heavy atom. The van der Waals surface area contributed by atoms with Gasteiger partial charge < -0.3 is 15.4 Å². The van der Waals surface area contributed by atoms with Crippen molar-refractivity contribution in [2.45, 2.75) is 57.4 Å². The molecule has 1 heterocycles. The third-order valence-electron chi connectivity index (χ3n) is 4.05. The van der Waals surface area contributed by atoms with Crippen LogP contribution < -0.4 is 10.6 Å². The summed E-state index contributed by atoms with van der Waals surface area (Å²) >= 11 is 4.97. The zero-order chi connectivity index (χ0) is 13.5. The van der Waals surface area contributed by atoms with Crippen molar-refractivity contribution in [3.8, 4) is 0 Å². The van der Waals surface area contributed by atoms with Gasteiger partial charge in [-0.05, 0) is 18.8 Å². The molecule has 1 aliphatic heterocycles. The molecule has 1 amide bonds. The Hall–Kier alpha value is -0.840. The highest BCUT2D eigenvalue weighted by atomic mass is 32.1. The number of hydrogen-bond acceptors (Lipinski definition) is 3. The molecular weight excluding hydrogens is 260 g/mol. The van der Waals surface area contributed by atoms with Crippen molar-refractivity contribution in [1.29, 1.82) is 0 Å². The van der Waals surface area contributed by atoms with Gasteiger partial charge in [0.1, 0.15) is 4.99 Å². The lowest BCUT2D eigenvalue weighted by molar-refractivity contribution is 0.140. The molecule has 1 saturated heterocycles. The van der Waals surface area contributed by atoms with Crippen molar-refractivity contribution < 1.29 is 9.53 Å². The van der Waals surface area contributed by atoms with Gasteiger partial charge in [-0.2, -0.15) is 0 Å². The third-order valence-corrected chi connectivity index (χ3v) is 4.48. The Morgan fingerprint density at radius 3 is 2.74 bits per heavy atom. The normalized spacial score (nSPS) is 23.4. The Balaban J connectivity index is 1.44. The molecular formula is C14H24N2O2S. The number of unbranched alkanes of at least 4 members (excludes halogenated alkanes) is 1. The van der Waals surface area contributed by atoms with Gasteiger partial charge in [0.15, 0.2) is 0 Å². The fourth-order valence-electron chi connectivity index (χ4n) is 2.76. The van der Waals surface area contributed by atoms with E-state index < -0.39 is 0 Å². The molecule has 1 saturated carbocycles. The van der Waals surface area contributed by atoms with Crippen molar-refractivity contribution in [2.24, 2.45) is 5.92 Å². The van der Waals surface area contributed by atoms with E-state index in [0.29, 0.717) is 11.6 Å². The van der Waals surface area contributed by atoms with Crippen LogP contribution in [0.3, 0.4) is 0 Å². The SMILES string of the molecule is O=C(N[C@H]1CNC1=S)OCCCCC1CCCCC1. The molecule has 0 bridgehead atoms. The Bertz CT molecular complexity index is 317. The predicted octanol–water partition coefficient (Wildman–Crippen LogP) is 2.76. The number of carbonyl (C=O) groups excluding carboxylic acids is 1. The molecule has 0 unspecified atom stereocenters. The van der Waals surface area contributed by atoms with Gasteiger partial charge >= 0.3 is 6.09 Å². The van der Waals surface area contributed by atoms with Gasteiger partial charge in [0.05, 0.1) is 12.6 Å². The van der Waals surface area contributed by atoms with Crippen molar-refractivity contribution in [3.05, 3.63) is 0 Å². The van der Waals surface area contributed by atoms with Crippen LogP contribution in [0.1, 0.15) is 51.4 Å². The Kier molecular flexibility index (Phi) is 5.89. The van der Waals surface area contributed by atoms with Gasteiger partial charge in [0, 0.05) is 6.54 Å². The smallest absolute Gasteiger partial charge is 0.407 e. The minimum absolute atomic E-state index is 0.0234. The highest BCUT2D eigenvalue weighted by Gasteiger charge is 2.25. The summed E-state index contributed by atoms with van der Waals surface area (Å²) in [5.41, 5.74) is 0. The molecule has 2 N–H and O–H groups in total. The molecule has 4 nitrogen and oxygen atoms in total. The quantitative estimate of drug-likeness (QED) is 0.582. The van der Waals surface area contributed by atoms with E-state index in [4.69, 9.17) is 17.0 Å². The number of carbonyl (C=O) groups is 1. The van der Waals surface area contributed by atoms with E-state index in [1.165, 1.54) is 44.9 Å². The summed E-state index contributed by atoms with van der Waals surface area (Å²) in [4.78, 5) is 12.1. The van der Waals surface area contributed by atoms with Crippen LogP contribution >= 0.6 is 12.2 Å². The van der Waals surface area contributed by atoms with Crippen LogP contribution in [0.2, 0.25) is 0 Å². The average Bonchev–Trinajstić information content (AvgIpc) is 2.44. The van der Waals surface area contributed by atoms with E-state index in [9.17, 15) is 4.79 Å². The maximum Gasteiger partial charge on any atom is 0.407 e. The van der Waals surface area contributed by atoms with E-state index in [0.717, 1.165) is 18.9 Å². The molecule has 0 aromatic rings. The second-order valence-corrected chi connectivity index (χ2v) is 6.02. The number of rotatable bonds is 6. The monoisotopic (exact) mass is 284 g/mol. The Labute approximate surface area is 120 Å².